The van der Waals surface area contributed by atoms with Crippen LogP contribution in [-0.2, 0) is 27.9 Å². The van der Waals surface area contributed by atoms with Crippen LogP contribution in [0.5, 0.6) is 0 Å². The number of aromatic nitrogens is 2. The van der Waals surface area contributed by atoms with Crippen molar-refractivity contribution >= 4 is 11.8 Å². The van der Waals surface area contributed by atoms with Crippen molar-refractivity contribution in [2.45, 2.75) is 38.5 Å². The van der Waals surface area contributed by atoms with Crippen LogP contribution in [0.4, 0.5) is 0 Å². The van der Waals surface area contributed by atoms with E-state index in [1.807, 2.05) is 30.3 Å². The Labute approximate surface area is 159 Å². The van der Waals surface area contributed by atoms with E-state index >= 15 is 0 Å². The Morgan fingerprint density at radius 2 is 2.26 bits per heavy atom. The van der Waals surface area contributed by atoms with Crippen molar-refractivity contribution in [3.8, 4) is 0 Å². The molecule has 0 aromatic carbocycles. The number of carbonyl (C=O) groups excluding carboxylic acids is 2. The van der Waals surface area contributed by atoms with Crippen molar-refractivity contribution < 1.29 is 14.3 Å². The molecule has 2 unspecified atom stereocenters. The van der Waals surface area contributed by atoms with E-state index in [4.69, 9.17) is 4.74 Å². The van der Waals surface area contributed by atoms with Gasteiger partial charge in [0.15, 0.2) is 0 Å². The number of carbonyl (C=O) groups is 2. The van der Waals surface area contributed by atoms with E-state index in [2.05, 4.69) is 18.9 Å². The van der Waals surface area contributed by atoms with Gasteiger partial charge < -0.3 is 14.5 Å². The molecular formula is C20H28N4O3. The highest BCUT2D eigenvalue weighted by atomic mass is 16.5. The Balaban J connectivity index is 1.51. The molecule has 27 heavy (non-hydrogen) atoms. The van der Waals surface area contributed by atoms with Gasteiger partial charge in [0.25, 0.3) is 0 Å². The maximum absolute atomic E-state index is 13.2. The van der Waals surface area contributed by atoms with Gasteiger partial charge >= 0.3 is 0 Å². The van der Waals surface area contributed by atoms with Crippen molar-refractivity contribution in [3.05, 3.63) is 30.1 Å². The lowest BCUT2D eigenvalue weighted by atomic mass is 9.76. The predicted molar refractivity (Wildman–Crippen MR) is 99.4 cm³/mol. The van der Waals surface area contributed by atoms with Crippen molar-refractivity contribution in [3.63, 3.8) is 0 Å². The Hall–Kier alpha value is -2.15. The topological polar surface area (TPSA) is 67.7 Å². The third kappa shape index (κ3) is 2.98. The number of ether oxygens (including phenoxy) is 1. The second-order valence-corrected chi connectivity index (χ2v) is 8.56. The molecule has 7 heteroatoms. The highest BCUT2D eigenvalue weighted by molar-refractivity contribution is 5.93. The zero-order valence-electron chi connectivity index (χ0n) is 16.5. The fourth-order valence-electron chi connectivity index (χ4n) is 4.62. The molecule has 0 saturated carbocycles. The highest BCUT2D eigenvalue weighted by Gasteiger charge is 2.66. The summed E-state index contributed by atoms with van der Waals surface area (Å²) < 4.78 is 7.91. The van der Waals surface area contributed by atoms with Crippen LogP contribution in [0.15, 0.2) is 24.5 Å². The van der Waals surface area contributed by atoms with Gasteiger partial charge in [-0.05, 0) is 12.3 Å². The van der Waals surface area contributed by atoms with E-state index < -0.39 is 17.4 Å². The first-order valence-electron chi connectivity index (χ1n) is 9.69. The molecule has 2 saturated heterocycles. The van der Waals surface area contributed by atoms with Gasteiger partial charge in [-0.3, -0.25) is 14.3 Å². The van der Waals surface area contributed by atoms with Crippen LogP contribution in [0.25, 0.3) is 0 Å². The van der Waals surface area contributed by atoms with Crippen molar-refractivity contribution in [2.24, 2.45) is 24.8 Å². The zero-order valence-corrected chi connectivity index (χ0v) is 16.5. The molecule has 146 valence electrons. The van der Waals surface area contributed by atoms with E-state index in [1.54, 1.807) is 22.8 Å². The van der Waals surface area contributed by atoms with Crippen molar-refractivity contribution in [1.82, 2.24) is 19.6 Å². The number of aryl methyl sites for hydroxylation is 1. The van der Waals surface area contributed by atoms with Gasteiger partial charge in [0.2, 0.25) is 11.8 Å². The maximum Gasteiger partial charge on any atom is 0.230 e. The molecule has 1 spiro atoms. The van der Waals surface area contributed by atoms with Crippen molar-refractivity contribution in [1.29, 1.82) is 0 Å². The van der Waals surface area contributed by atoms with Crippen LogP contribution in [0.1, 0.15) is 25.8 Å². The third-order valence-electron chi connectivity index (χ3n) is 5.99. The van der Waals surface area contributed by atoms with E-state index in [-0.39, 0.29) is 17.9 Å². The number of rotatable bonds is 6. The quantitative estimate of drug-likeness (QED) is 0.704. The summed E-state index contributed by atoms with van der Waals surface area (Å²) in [5.41, 5.74) is 0.354. The molecule has 7 nitrogen and oxygen atoms in total. The first-order chi connectivity index (χ1) is 12.8. The predicted octanol–water partition coefficient (Wildman–Crippen LogP) is 1.21. The molecule has 3 aliphatic heterocycles. The molecule has 1 aromatic rings. The summed E-state index contributed by atoms with van der Waals surface area (Å²) in [6, 6.07) is 0. The molecule has 2 amide bonds. The molecule has 4 rings (SSSR count). The summed E-state index contributed by atoms with van der Waals surface area (Å²) in [5, 5.41) is 4.16. The van der Waals surface area contributed by atoms with Crippen LogP contribution < -0.4 is 0 Å². The minimum atomic E-state index is -0.617. The molecule has 3 aliphatic rings. The van der Waals surface area contributed by atoms with E-state index in [9.17, 15) is 9.59 Å². The van der Waals surface area contributed by atoms with E-state index in [0.29, 0.717) is 19.0 Å². The van der Waals surface area contributed by atoms with E-state index in [1.165, 1.54) is 0 Å². The molecular weight excluding hydrogens is 344 g/mol. The Morgan fingerprint density at radius 1 is 1.48 bits per heavy atom. The van der Waals surface area contributed by atoms with Gasteiger partial charge in [0, 0.05) is 38.9 Å². The maximum atomic E-state index is 13.2. The summed E-state index contributed by atoms with van der Waals surface area (Å²) in [4.78, 5) is 29.9. The molecule has 1 aromatic heterocycles. The monoisotopic (exact) mass is 372 g/mol. The van der Waals surface area contributed by atoms with Crippen LogP contribution in [0.2, 0.25) is 0 Å². The highest BCUT2D eigenvalue weighted by Crippen LogP contribution is 2.52. The Morgan fingerprint density at radius 3 is 2.93 bits per heavy atom. The van der Waals surface area contributed by atoms with Crippen molar-refractivity contribution in [2.75, 3.05) is 20.1 Å². The number of hydrogen-bond donors (Lipinski definition) is 0. The molecule has 0 radical (unpaired) electrons. The van der Waals surface area contributed by atoms with Gasteiger partial charge in [0.1, 0.15) is 5.60 Å². The van der Waals surface area contributed by atoms with Gasteiger partial charge in [-0.2, -0.15) is 5.10 Å². The summed E-state index contributed by atoms with van der Waals surface area (Å²) in [7, 11) is 3.64. The largest absolute Gasteiger partial charge is 0.360 e. The summed E-state index contributed by atoms with van der Waals surface area (Å²) in [5.74, 6) is -0.266. The number of nitrogens with zero attached hydrogens (tertiary/aromatic N) is 4. The normalized spacial score (nSPS) is 31.2. The molecule has 4 heterocycles. The van der Waals surface area contributed by atoms with Crippen LogP contribution in [0.3, 0.4) is 0 Å². The second-order valence-electron chi connectivity index (χ2n) is 8.56. The minimum Gasteiger partial charge on any atom is -0.360 e. The average molecular weight is 372 g/mol. The lowest BCUT2D eigenvalue weighted by molar-refractivity contribution is -0.142. The molecule has 4 atom stereocenters. The van der Waals surface area contributed by atoms with Gasteiger partial charge in [0.05, 0.1) is 30.7 Å². The van der Waals surface area contributed by atoms with Crippen LogP contribution >= 0.6 is 0 Å². The lowest BCUT2D eigenvalue weighted by Crippen LogP contribution is -2.44. The molecule has 2 bridgehead atoms. The van der Waals surface area contributed by atoms with Gasteiger partial charge in [-0.25, -0.2) is 0 Å². The Kier molecular flexibility index (Phi) is 4.37. The number of amides is 2. The average Bonchev–Trinajstić information content (AvgIpc) is 3.34. The summed E-state index contributed by atoms with van der Waals surface area (Å²) in [6.45, 7) is 6.07. The van der Waals surface area contributed by atoms with Gasteiger partial charge in [-0.15, -0.1) is 0 Å². The SMILES string of the molecule is CC(C)CCN1C[C@@]23C=C[C@@H](O2)C(C(=O)N(C)Cc2cnn(C)c2)C3C1=O. The standard InChI is InChI=1S/C20H28N4O3/c1-13(2)6-8-24-12-20-7-5-15(27-20)16(17(20)19(24)26)18(25)22(3)10-14-9-21-23(4)11-14/h5,7,9,11,13,15-17H,6,8,10,12H2,1-4H3/t15-,16?,17?,20-/m1/s1. The molecule has 0 N–H and O–H groups in total. The number of likely N-dealkylation sites (tertiary alicyclic amines) is 1. The first kappa shape index (κ1) is 18.2. The number of fused-ring (bicyclic) bond motifs is 1. The van der Waals surface area contributed by atoms with Crippen LogP contribution in [0, 0.1) is 17.8 Å². The zero-order chi connectivity index (χ0) is 19.3. The molecule has 2 fully saturated rings. The summed E-state index contributed by atoms with van der Waals surface area (Å²) in [6.07, 6.45) is 8.31. The van der Waals surface area contributed by atoms with Gasteiger partial charge in [-0.1, -0.05) is 26.0 Å². The fourth-order valence-corrected chi connectivity index (χ4v) is 4.62. The fraction of sp³-hybridized carbons (Fsp3) is 0.650. The second kappa shape index (κ2) is 6.48. The Bertz CT molecular complexity index is 786. The lowest BCUT2D eigenvalue weighted by Gasteiger charge is -2.27. The minimum absolute atomic E-state index is 0.0286. The summed E-state index contributed by atoms with van der Waals surface area (Å²) >= 11 is 0. The molecule has 0 aliphatic carbocycles. The third-order valence-corrected chi connectivity index (χ3v) is 5.99. The van der Waals surface area contributed by atoms with E-state index in [0.717, 1.165) is 18.5 Å². The smallest absolute Gasteiger partial charge is 0.230 e. The first-order valence-corrected chi connectivity index (χ1v) is 9.69. The number of hydrogen-bond acceptors (Lipinski definition) is 4. The van der Waals surface area contributed by atoms with Crippen LogP contribution in [-0.4, -0.2) is 63.2 Å².